The Morgan fingerprint density at radius 1 is 1.33 bits per heavy atom. The molecule has 1 saturated heterocycles. The van der Waals surface area contributed by atoms with Crippen LogP contribution in [-0.4, -0.2) is 37.6 Å². The molecule has 1 aliphatic carbocycles. The Morgan fingerprint density at radius 2 is 2.17 bits per heavy atom. The van der Waals surface area contributed by atoms with E-state index in [0.29, 0.717) is 0 Å². The first-order chi connectivity index (χ1) is 5.84. The molecule has 0 amide bonds. The maximum Gasteiger partial charge on any atom is 0.00672 e. The predicted octanol–water partition coefficient (Wildman–Crippen LogP) is 1.08. The third-order valence-electron chi connectivity index (χ3n) is 3.29. The third kappa shape index (κ3) is 1.99. The Hall–Kier alpha value is -0.0800. The Bertz CT molecular complexity index is 143. The lowest BCUT2D eigenvalue weighted by atomic mass is 9.92. The lowest BCUT2D eigenvalue weighted by molar-refractivity contribution is 0.312. The van der Waals surface area contributed by atoms with Crippen molar-refractivity contribution in [2.45, 2.75) is 31.7 Å². The fraction of sp³-hybridized carbons (Fsp3) is 1.00. The minimum Gasteiger partial charge on any atom is -0.314 e. The smallest absolute Gasteiger partial charge is 0.00672 e. The van der Waals surface area contributed by atoms with Crippen LogP contribution < -0.4 is 5.32 Å². The zero-order valence-corrected chi connectivity index (χ0v) is 8.05. The molecule has 0 aromatic rings. The lowest BCUT2D eigenvalue weighted by Crippen LogP contribution is -2.38. The van der Waals surface area contributed by atoms with E-state index in [1.54, 1.807) is 0 Å². The van der Waals surface area contributed by atoms with E-state index < -0.39 is 0 Å². The van der Waals surface area contributed by atoms with E-state index in [1.165, 1.54) is 45.3 Å². The van der Waals surface area contributed by atoms with Gasteiger partial charge in [-0.05, 0) is 45.3 Å². The molecule has 70 valence electrons. The van der Waals surface area contributed by atoms with E-state index in [0.717, 1.165) is 12.0 Å². The quantitative estimate of drug-likeness (QED) is 0.678. The van der Waals surface area contributed by atoms with Crippen LogP contribution in [0.3, 0.4) is 0 Å². The van der Waals surface area contributed by atoms with E-state index >= 15 is 0 Å². The minimum absolute atomic E-state index is 0.871. The Labute approximate surface area is 75.3 Å². The molecule has 2 rings (SSSR count). The van der Waals surface area contributed by atoms with Gasteiger partial charge in [-0.15, -0.1) is 0 Å². The highest BCUT2D eigenvalue weighted by atomic mass is 15.1. The first kappa shape index (κ1) is 8.52. The molecule has 2 fully saturated rings. The van der Waals surface area contributed by atoms with Crippen molar-refractivity contribution in [3.05, 3.63) is 0 Å². The van der Waals surface area contributed by atoms with Crippen molar-refractivity contribution in [2.24, 2.45) is 5.92 Å². The number of likely N-dealkylation sites (tertiary alicyclic amines) is 1. The summed E-state index contributed by atoms with van der Waals surface area (Å²) < 4.78 is 0. The topological polar surface area (TPSA) is 15.3 Å². The first-order valence-electron chi connectivity index (χ1n) is 5.26. The van der Waals surface area contributed by atoms with Crippen LogP contribution >= 0.6 is 0 Å². The van der Waals surface area contributed by atoms with Gasteiger partial charge in [0.15, 0.2) is 0 Å². The summed E-state index contributed by atoms with van der Waals surface area (Å²) in [6.07, 6.45) is 5.68. The van der Waals surface area contributed by atoms with E-state index in [-0.39, 0.29) is 0 Å². The molecule has 2 aliphatic rings. The average molecular weight is 168 g/mol. The van der Waals surface area contributed by atoms with Crippen LogP contribution in [-0.2, 0) is 0 Å². The Balaban J connectivity index is 1.60. The molecule has 1 unspecified atom stereocenters. The van der Waals surface area contributed by atoms with Crippen molar-refractivity contribution in [3.63, 3.8) is 0 Å². The molecular formula is C10H20N2. The fourth-order valence-electron chi connectivity index (χ4n) is 2.14. The van der Waals surface area contributed by atoms with Gasteiger partial charge in [-0.2, -0.15) is 0 Å². The second kappa shape index (κ2) is 3.75. The maximum absolute atomic E-state index is 3.65. The van der Waals surface area contributed by atoms with E-state index in [2.05, 4.69) is 17.3 Å². The summed E-state index contributed by atoms with van der Waals surface area (Å²) in [5.74, 6) is 0.926. The average Bonchev–Trinajstić information content (AvgIpc) is 2.32. The van der Waals surface area contributed by atoms with E-state index in [1.807, 2.05) is 0 Å². The number of hydrogen-bond donors (Lipinski definition) is 1. The van der Waals surface area contributed by atoms with Gasteiger partial charge in [0.2, 0.25) is 0 Å². The highest BCUT2D eigenvalue weighted by molar-refractivity contribution is 4.80. The van der Waals surface area contributed by atoms with Crippen LogP contribution in [0.5, 0.6) is 0 Å². The molecule has 0 aromatic carbocycles. The van der Waals surface area contributed by atoms with Crippen molar-refractivity contribution in [3.8, 4) is 0 Å². The Morgan fingerprint density at radius 3 is 2.67 bits per heavy atom. The van der Waals surface area contributed by atoms with E-state index in [9.17, 15) is 0 Å². The highest BCUT2D eigenvalue weighted by Crippen LogP contribution is 2.19. The molecule has 0 radical (unpaired) electrons. The number of rotatable bonds is 3. The molecular weight excluding hydrogens is 148 g/mol. The zero-order chi connectivity index (χ0) is 8.39. The van der Waals surface area contributed by atoms with Crippen LogP contribution in [0.4, 0.5) is 0 Å². The van der Waals surface area contributed by atoms with Crippen molar-refractivity contribution >= 4 is 0 Å². The number of hydrogen-bond acceptors (Lipinski definition) is 2. The predicted molar refractivity (Wildman–Crippen MR) is 51.2 cm³/mol. The number of nitrogens with one attached hydrogen (secondary N) is 1. The fourth-order valence-corrected chi connectivity index (χ4v) is 2.14. The molecule has 1 aliphatic heterocycles. The van der Waals surface area contributed by atoms with E-state index in [4.69, 9.17) is 0 Å². The van der Waals surface area contributed by atoms with Crippen molar-refractivity contribution in [2.75, 3.05) is 26.7 Å². The molecule has 2 nitrogen and oxygen atoms in total. The molecule has 1 atom stereocenters. The molecule has 1 N–H and O–H groups in total. The van der Waals surface area contributed by atoms with Gasteiger partial charge >= 0.3 is 0 Å². The van der Waals surface area contributed by atoms with Gasteiger partial charge in [-0.25, -0.2) is 0 Å². The van der Waals surface area contributed by atoms with Gasteiger partial charge in [-0.3, -0.25) is 0 Å². The second-order valence-electron chi connectivity index (χ2n) is 4.45. The summed E-state index contributed by atoms with van der Waals surface area (Å²) >= 11 is 0. The van der Waals surface area contributed by atoms with Gasteiger partial charge in [-0.1, -0.05) is 6.42 Å². The van der Waals surface area contributed by atoms with Gasteiger partial charge in [0, 0.05) is 12.6 Å². The number of nitrogens with zero attached hydrogens (tertiary/aromatic N) is 1. The summed E-state index contributed by atoms with van der Waals surface area (Å²) in [6, 6.07) is 0.871. The summed E-state index contributed by atoms with van der Waals surface area (Å²) in [6.45, 7) is 3.87. The summed E-state index contributed by atoms with van der Waals surface area (Å²) in [5.41, 5.74) is 0. The van der Waals surface area contributed by atoms with Crippen LogP contribution in [0, 0.1) is 5.92 Å². The third-order valence-corrected chi connectivity index (χ3v) is 3.29. The zero-order valence-electron chi connectivity index (χ0n) is 8.05. The Kier molecular flexibility index (Phi) is 2.66. The molecule has 0 spiro atoms. The van der Waals surface area contributed by atoms with Gasteiger partial charge in [0.1, 0.15) is 0 Å². The van der Waals surface area contributed by atoms with Crippen LogP contribution in [0.1, 0.15) is 25.7 Å². The van der Waals surface area contributed by atoms with Crippen LogP contribution in [0.15, 0.2) is 0 Å². The maximum atomic E-state index is 3.65. The largest absolute Gasteiger partial charge is 0.314 e. The van der Waals surface area contributed by atoms with Crippen molar-refractivity contribution in [1.82, 2.24) is 10.2 Å². The van der Waals surface area contributed by atoms with Gasteiger partial charge in [0.25, 0.3) is 0 Å². The van der Waals surface area contributed by atoms with Gasteiger partial charge < -0.3 is 10.2 Å². The molecule has 12 heavy (non-hydrogen) atoms. The van der Waals surface area contributed by atoms with Crippen molar-refractivity contribution < 1.29 is 0 Å². The molecule has 0 bridgehead atoms. The second-order valence-corrected chi connectivity index (χ2v) is 4.45. The molecule has 2 heteroatoms. The standard InChI is InChI=1S/C10H20N2/c1-12-6-5-9(8-12)7-11-10-3-2-4-10/h9-11H,2-8H2,1H3. The minimum atomic E-state index is 0.871. The van der Waals surface area contributed by atoms with Crippen LogP contribution in [0.2, 0.25) is 0 Å². The monoisotopic (exact) mass is 168 g/mol. The lowest BCUT2D eigenvalue weighted by Gasteiger charge is -2.27. The van der Waals surface area contributed by atoms with Crippen LogP contribution in [0.25, 0.3) is 0 Å². The molecule has 0 aromatic heterocycles. The normalized spacial score (nSPS) is 32.2. The first-order valence-corrected chi connectivity index (χ1v) is 5.26. The highest BCUT2D eigenvalue weighted by Gasteiger charge is 2.22. The summed E-state index contributed by atoms with van der Waals surface area (Å²) in [4.78, 5) is 2.44. The SMILES string of the molecule is CN1CCC(CNC2CCC2)C1. The van der Waals surface area contributed by atoms with Crippen molar-refractivity contribution in [1.29, 1.82) is 0 Å². The molecule has 1 saturated carbocycles. The van der Waals surface area contributed by atoms with Gasteiger partial charge in [0.05, 0.1) is 0 Å². The summed E-state index contributed by atoms with van der Waals surface area (Å²) in [5, 5.41) is 3.65. The summed E-state index contributed by atoms with van der Waals surface area (Å²) in [7, 11) is 2.23. The molecule has 1 heterocycles.